The summed E-state index contributed by atoms with van der Waals surface area (Å²) >= 11 is 0. The number of aliphatic hydroxyl groups excluding tert-OH is 2. The standard InChI is InChI=1S/C55H95NO5/c1-4-7-10-13-16-19-22-24-25-26-27-28-30-33-36-39-42-45-48-55(60)61-51(46-43-40-37-34-32-29-23-20-17-14-11-8-5-2)49-54(59)56-52(50-57)53(58)47-44-41-38-35-31-21-18-15-12-9-6-3/h10,13,16-17,19-20,22-29,51-53,57-58H,4-9,11-12,14-15,18,21,30-50H2,1-3H3,(H,56,59)/b13-10+,19-16+,20-17+,24-22+,26-25+,28-27+,29-23+. The molecule has 3 unspecified atom stereocenters. The second kappa shape index (κ2) is 48.1. The molecule has 3 N–H and O–H groups in total. The third-order valence-electron chi connectivity index (χ3n) is 11.1. The Hall–Kier alpha value is -2.96. The van der Waals surface area contributed by atoms with Gasteiger partial charge in [-0.25, -0.2) is 0 Å². The first-order valence-corrected chi connectivity index (χ1v) is 25.4. The van der Waals surface area contributed by atoms with E-state index in [-0.39, 0.29) is 24.9 Å². The molecule has 0 spiro atoms. The largest absolute Gasteiger partial charge is 0.462 e. The van der Waals surface area contributed by atoms with E-state index >= 15 is 0 Å². The molecular formula is C55H95NO5. The van der Waals surface area contributed by atoms with Crippen LogP contribution in [0.3, 0.4) is 0 Å². The molecule has 0 heterocycles. The number of rotatable bonds is 44. The van der Waals surface area contributed by atoms with Crippen LogP contribution in [0.2, 0.25) is 0 Å². The highest BCUT2D eigenvalue weighted by atomic mass is 16.5. The molecule has 350 valence electrons. The summed E-state index contributed by atoms with van der Waals surface area (Å²) in [5, 5.41) is 23.7. The highest BCUT2D eigenvalue weighted by molar-refractivity contribution is 5.77. The van der Waals surface area contributed by atoms with Crippen molar-refractivity contribution < 1.29 is 24.5 Å². The lowest BCUT2D eigenvalue weighted by atomic mass is 10.0. The maximum absolute atomic E-state index is 13.2. The lowest BCUT2D eigenvalue weighted by molar-refractivity contribution is -0.151. The number of carbonyl (C=O) groups excluding carboxylic acids is 2. The van der Waals surface area contributed by atoms with Crippen molar-refractivity contribution in [1.82, 2.24) is 5.32 Å². The van der Waals surface area contributed by atoms with E-state index in [0.29, 0.717) is 19.3 Å². The van der Waals surface area contributed by atoms with Crippen molar-refractivity contribution in [2.75, 3.05) is 6.61 Å². The maximum Gasteiger partial charge on any atom is 0.306 e. The zero-order chi connectivity index (χ0) is 44.5. The Morgan fingerprint density at radius 1 is 0.475 bits per heavy atom. The Labute approximate surface area is 376 Å². The quantitative estimate of drug-likeness (QED) is 0.0322. The smallest absolute Gasteiger partial charge is 0.306 e. The first kappa shape index (κ1) is 58.0. The molecule has 0 aliphatic heterocycles. The lowest BCUT2D eigenvalue weighted by Gasteiger charge is -2.24. The van der Waals surface area contributed by atoms with Crippen LogP contribution >= 0.6 is 0 Å². The topological polar surface area (TPSA) is 95.9 Å². The minimum atomic E-state index is -0.801. The predicted molar refractivity (Wildman–Crippen MR) is 264 cm³/mol. The Balaban J connectivity index is 4.67. The predicted octanol–water partition coefficient (Wildman–Crippen LogP) is 15.2. The van der Waals surface area contributed by atoms with Crippen LogP contribution in [0.5, 0.6) is 0 Å². The highest BCUT2D eigenvalue weighted by Crippen LogP contribution is 2.17. The molecule has 0 radical (unpaired) electrons. The van der Waals surface area contributed by atoms with Crippen molar-refractivity contribution in [3.8, 4) is 0 Å². The number of hydrogen-bond donors (Lipinski definition) is 3. The fraction of sp³-hybridized carbons (Fsp3) is 0.709. The van der Waals surface area contributed by atoms with Crippen LogP contribution in [-0.2, 0) is 14.3 Å². The van der Waals surface area contributed by atoms with Gasteiger partial charge in [-0.3, -0.25) is 9.59 Å². The van der Waals surface area contributed by atoms with E-state index in [0.717, 1.165) is 103 Å². The molecule has 0 bridgehead atoms. The van der Waals surface area contributed by atoms with Crippen molar-refractivity contribution in [2.45, 2.75) is 244 Å². The van der Waals surface area contributed by atoms with Crippen molar-refractivity contribution in [3.05, 3.63) is 85.1 Å². The molecule has 0 aliphatic carbocycles. The average molecular weight is 850 g/mol. The third-order valence-corrected chi connectivity index (χ3v) is 11.1. The molecule has 0 aromatic rings. The maximum atomic E-state index is 13.2. The Morgan fingerprint density at radius 2 is 0.869 bits per heavy atom. The molecule has 0 aromatic heterocycles. The number of hydrogen-bond acceptors (Lipinski definition) is 5. The van der Waals surface area contributed by atoms with Crippen LogP contribution < -0.4 is 5.32 Å². The van der Waals surface area contributed by atoms with Crippen LogP contribution in [0.15, 0.2) is 85.1 Å². The zero-order valence-electron chi connectivity index (χ0n) is 39.8. The first-order valence-electron chi connectivity index (χ1n) is 25.4. The second-order valence-electron chi connectivity index (χ2n) is 17.0. The normalized spacial score (nSPS) is 14.0. The number of carbonyl (C=O) groups is 2. The van der Waals surface area contributed by atoms with Gasteiger partial charge in [0, 0.05) is 6.42 Å². The molecule has 0 aromatic carbocycles. The van der Waals surface area contributed by atoms with Crippen LogP contribution in [0, 0.1) is 0 Å². The molecule has 3 atom stereocenters. The van der Waals surface area contributed by atoms with E-state index in [1.165, 1.54) is 77.0 Å². The molecule has 0 rings (SSSR count). The molecule has 1 amide bonds. The summed E-state index contributed by atoms with van der Waals surface area (Å²) in [6, 6.07) is -0.717. The Kier molecular flexibility index (Phi) is 45.7. The third kappa shape index (κ3) is 43.5. The second-order valence-corrected chi connectivity index (χ2v) is 17.0. The summed E-state index contributed by atoms with van der Waals surface area (Å²) in [6.45, 7) is 6.34. The summed E-state index contributed by atoms with van der Waals surface area (Å²) in [5.41, 5.74) is 0. The van der Waals surface area contributed by atoms with E-state index in [2.05, 4.69) is 86.8 Å². The molecule has 6 heteroatoms. The van der Waals surface area contributed by atoms with E-state index in [4.69, 9.17) is 4.74 Å². The van der Waals surface area contributed by atoms with Gasteiger partial charge in [0.2, 0.25) is 5.91 Å². The molecular weight excluding hydrogens is 755 g/mol. The number of unbranched alkanes of at least 4 members (excludes halogenated alkanes) is 23. The minimum Gasteiger partial charge on any atom is -0.462 e. The van der Waals surface area contributed by atoms with Gasteiger partial charge < -0.3 is 20.3 Å². The van der Waals surface area contributed by atoms with Gasteiger partial charge in [0.1, 0.15) is 6.10 Å². The zero-order valence-corrected chi connectivity index (χ0v) is 39.8. The van der Waals surface area contributed by atoms with Gasteiger partial charge in [0.15, 0.2) is 0 Å². The average Bonchev–Trinajstić information content (AvgIpc) is 3.25. The van der Waals surface area contributed by atoms with Gasteiger partial charge in [-0.05, 0) is 70.6 Å². The molecule has 0 saturated carbocycles. The summed E-state index contributed by atoms with van der Waals surface area (Å²) in [5.74, 6) is -0.528. The summed E-state index contributed by atoms with van der Waals surface area (Å²) in [4.78, 5) is 26.1. The van der Waals surface area contributed by atoms with Crippen LogP contribution in [0.25, 0.3) is 0 Å². The van der Waals surface area contributed by atoms with Gasteiger partial charge in [-0.1, -0.05) is 228 Å². The minimum absolute atomic E-state index is 0.0491. The summed E-state index contributed by atoms with van der Waals surface area (Å²) < 4.78 is 5.91. The number of amides is 1. The van der Waals surface area contributed by atoms with Gasteiger partial charge in [-0.2, -0.15) is 0 Å². The Bertz CT molecular complexity index is 1180. The van der Waals surface area contributed by atoms with E-state index in [1.807, 2.05) is 24.3 Å². The molecule has 0 saturated heterocycles. The van der Waals surface area contributed by atoms with Crippen LogP contribution in [-0.4, -0.2) is 46.9 Å². The number of allylic oxidation sites excluding steroid dienone is 14. The SMILES string of the molecule is CCC/C=C/C=C/C=C/C=C/C=C/CCCCCCCC(=O)OC(CCCCCC/C=C/C=C/CCCCC)CC(=O)NC(CO)C(O)CCCCCCCCCCCCC. The number of ether oxygens (including phenoxy) is 1. The molecule has 0 fully saturated rings. The van der Waals surface area contributed by atoms with Gasteiger partial charge in [0.05, 0.1) is 25.2 Å². The van der Waals surface area contributed by atoms with E-state index in [1.54, 1.807) is 0 Å². The molecule has 61 heavy (non-hydrogen) atoms. The Morgan fingerprint density at radius 3 is 1.38 bits per heavy atom. The van der Waals surface area contributed by atoms with Crippen molar-refractivity contribution >= 4 is 11.9 Å². The van der Waals surface area contributed by atoms with Gasteiger partial charge in [0.25, 0.3) is 0 Å². The molecule has 0 aliphatic rings. The number of aliphatic hydroxyl groups is 2. The monoisotopic (exact) mass is 850 g/mol. The molecule has 6 nitrogen and oxygen atoms in total. The van der Waals surface area contributed by atoms with Crippen molar-refractivity contribution in [2.24, 2.45) is 0 Å². The first-order chi connectivity index (χ1) is 30.0. The number of nitrogens with one attached hydrogen (secondary N) is 1. The van der Waals surface area contributed by atoms with E-state index < -0.39 is 18.2 Å². The fourth-order valence-corrected chi connectivity index (χ4v) is 7.21. The van der Waals surface area contributed by atoms with E-state index in [9.17, 15) is 19.8 Å². The van der Waals surface area contributed by atoms with Gasteiger partial charge >= 0.3 is 5.97 Å². The van der Waals surface area contributed by atoms with Crippen molar-refractivity contribution in [3.63, 3.8) is 0 Å². The summed E-state index contributed by atoms with van der Waals surface area (Å²) in [6.07, 6.45) is 62.0. The van der Waals surface area contributed by atoms with Crippen LogP contribution in [0.4, 0.5) is 0 Å². The number of esters is 1. The fourth-order valence-electron chi connectivity index (χ4n) is 7.21. The van der Waals surface area contributed by atoms with Gasteiger partial charge in [-0.15, -0.1) is 0 Å². The van der Waals surface area contributed by atoms with Crippen LogP contribution in [0.1, 0.15) is 226 Å². The highest BCUT2D eigenvalue weighted by Gasteiger charge is 2.24. The lowest BCUT2D eigenvalue weighted by Crippen LogP contribution is -2.46. The van der Waals surface area contributed by atoms with Crippen molar-refractivity contribution in [1.29, 1.82) is 0 Å². The summed E-state index contributed by atoms with van der Waals surface area (Å²) in [7, 11) is 0.